The second kappa shape index (κ2) is 7.20. The van der Waals surface area contributed by atoms with E-state index in [9.17, 15) is 0 Å². The van der Waals surface area contributed by atoms with Crippen molar-refractivity contribution < 1.29 is 13.9 Å². The lowest BCUT2D eigenvalue weighted by Crippen LogP contribution is -2.49. The zero-order valence-electron chi connectivity index (χ0n) is 16.1. The molecule has 6 nitrogen and oxygen atoms in total. The molecule has 0 radical (unpaired) electrons. The van der Waals surface area contributed by atoms with E-state index in [2.05, 4.69) is 17.0 Å². The van der Waals surface area contributed by atoms with E-state index < -0.39 is 0 Å². The molecule has 2 aliphatic rings. The summed E-state index contributed by atoms with van der Waals surface area (Å²) >= 11 is 0. The minimum absolute atomic E-state index is 0.247. The van der Waals surface area contributed by atoms with Crippen LogP contribution in [0, 0.1) is 0 Å². The monoisotopic (exact) mass is 379 g/mol. The number of hydrogen-bond donors (Lipinski definition) is 0. The van der Waals surface area contributed by atoms with E-state index in [0.29, 0.717) is 6.42 Å². The lowest BCUT2D eigenvalue weighted by atomic mass is 9.82. The third kappa shape index (κ3) is 3.07. The second-order valence-electron chi connectivity index (χ2n) is 7.59. The molecule has 1 saturated heterocycles. The Morgan fingerprint density at radius 3 is 2.68 bits per heavy atom. The van der Waals surface area contributed by atoms with Crippen LogP contribution in [-0.2, 0) is 28.0 Å². The van der Waals surface area contributed by atoms with E-state index in [1.165, 1.54) is 11.3 Å². The van der Waals surface area contributed by atoms with Gasteiger partial charge >= 0.3 is 0 Å². The largest absolute Gasteiger partial charge is 0.468 e. The van der Waals surface area contributed by atoms with E-state index >= 15 is 0 Å². The van der Waals surface area contributed by atoms with Crippen LogP contribution in [0.4, 0.5) is 0 Å². The maximum atomic E-state index is 6.50. The maximum absolute atomic E-state index is 6.50. The van der Waals surface area contributed by atoms with Crippen LogP contribution in [0.1, 0.15) is 29.9 Å². The molecule has 146 valence electrons. The molecule has 1 fully saturated rings. The van der Waals surface area contributed by atoms with Crippen molar-refractivity contribution >= 4 is 0 Å². The number of fused-ring (bicyclic) bond motifs is 2. The molecule has 1 spiro atoms. The zero-order valence-corrected chi connectivity index (χ0v) is 16.1. The minimum Gasteiger partial charge on any atom is -0.468 e. The summed E-state index contributed by atoms with van der Waals surface area (Å²) in [6, 6.07) is 14.3. The van der Waals surface area contributed by atoms with Crippen molar-refractivity contribution in [2.45, 2.75) is 37.7 Å². The fourth-order valence-electron chi connectivity index (χ4n) is 4.47. The van der Waals surface area contributed by atoms with Gasteiger partial charge in [0, 0.05) is 32.2 Å². The van der Waals surface area contributed by atoms with Crippen molar-refractivity contribution in [3.05, 3.63) is 71.9 Å². The van der Waals surface area contributed by atoms with Crippen molar-refractivity contribution in [3.8, 4) is 5.69 Å². The quantitative estimate of drug-likeness (QED) is 0.694. The predicted octanol–water partition coefficient (Wildman–Crippen LogP) is 3.50. The lowest BCUT2D eigenvalue weighted by molar-refractivity contribution is -0.228. The number of piperidine rings is 1. The Kier molecular flexibility index (Phi) is 4.55. The van der Waals surface area contributed by atoms with Gasteiger partial charge in [0.15, 0.2) is 6.29 Å². The van der Waals surface area contributed by atoms with Crippen LogP contribution in [-0.4, -0.2) is 41.2 Å². The first-order valence-electron chi connectivity index (χ1n) is 9.85. The molecule has 1 aromatic carbocycles. The molecule has 4 heterocycles. The van der Waals surface area contributed by atoms with Crippen LogP contribution < -0.4 is 0 Å². The van der Waals surface area contributed by atoms with Crippen molar-refractivity contribution in [1.29, 1.82) is 0 Å². The summed E-state index contributed by atoms with van der Waals surface area (Å²) in [4.78, 5) is 2.42. The Morgan fingerprint density at radius 2 is 1.96 bits per heavy atom. The van der Waals surface area contributed by atoms with Gasteiger partial charge in [0.25, 0.3) is 0 Å². The van der Waals surface area contributed by atoms with Gasteiger partial charge in [0.1, 0.15) is 11.4 Å². The normalized spacial score (nSPS) is 21.7. The minimum atomic E-state index is -0.332. The number of aromatic nitrogens is 2. The first-order valence-corrected chi connectivity index (χ1v) is 9.85. The van der Waals surface area contributed by atoms with Crippen LogP contribution in [0.3, 0.4) is 0 Å². The van der Waals surface area contributed by atoms with Crippen molar-refractivity contribution in [2.75, 3.05) is 20.2 Å². The maximum Gasteiger partial charge on any atom is 0.163 e. The van der Waals surface area contributed by atoms with E-state index in [1.807, 2.05) is 41.2 Å². The van der Waals surface area contributed by atoms with Gasteiger partial charge in [0.05, 0.1) is 30.4 Å². The van der Waals surface area contributed by atoms with Gasteiger partial charge in [-0.1, -0.05) is 18.2 Å². The summed E-state index contributed by atoms with van der Waals surface area (Å²) in [5.41, 5.74) is 3.15. The highest BCUT2D eigenvalue weighted by atomic mass is 16.7. The number of furan rings is 1. The summed E-state index contributed by atoms with van der Waals surface area (Å²) in [5.74, 6) is 1.01. The molecular weight excluding hydrogens is 354 g/mol. The Balaban J connectivity index is 1.43. The van der Waals surface area contributed by atoms with Crippen LogP contribution in [0.5, 0.6) is 0 Å². The van der Waals surface area contributed by atoms with E-state index in [1.54, 1.807) is 13.4 Å². The van der Waals surface area contributed by atoms with Crippen LogP contribution in [0.25, 0.3) is 5.69 Å². The lowest BCUT2D eigenvalue weighted by Gasteiger charge is -2.45. The SMILES string of the molecule is COC1Cc2c(cnn2-c2ccccc2)C2(CCN(Cc3ccco3)CC2)O1. The average molecular weight is 379 g/mol. The molecule has 6 heteroatoms. The van der Waals surface area contributed by atoms with Gasteiger partial charge in [-0.2, -0.15) is 5.10 Å². The van der Waals surface area contributed by atoms with Gasteiger partial charge in [0.2, 0.25) is 0 Å². The molecule has 1 atom stereocenters. The Labute approximate surface area is 164 Å². The molecular formula is C22H25N3O3. The van der Waals surface area contributed by atoms with E-state index in [0.717, 1.165) is 43.9 Å². The highest BCUT2D eigenvalue weighted by Crippen LogP contribution is 2.44. The molecule has 1 unspecified atom stereocenters. The number of hydrogen-bond acceptors (Lipinski definition) is 5. The molecule has 5 rings (SSSR count). The highest BCUT2D eigenvalue weighted by Gasteiger charge is 2.46. The van der Waals surface area contributed by atoms with Gasteiger partial charge in [-0.25, -0.2) is 4.68 Å². The summed E-state index contributed by atoms with van der Waals surface area (Å²) in [7, 11) is 1.72. The third-order valence-corrected chi connectivity index (χ3v) is 5.96. The van der Waals surface area contributed by atoms with Gasteiger partial charge in [-0.05, 0) is 37.1 Å². The van der Waals surface area contributed by atoms with Crippen molar-refractivity contribution in [2.24, 2.45) is 0 Å². The fourth-order valence-corrected chi connectivity index (χ4v) is 4.47. The number of para-hydroxylation sites is 1. The molecule has 0 aliphatic carbocycles. The zero-order chi connectivity index (χ0) is 19.0. The Hall–Kier alpha value is -2.41. The van der Waals surface area contributed by atoms with Gasteiger partial charge in [-0.3, -0.25) is 4.90 Å². The molecule has 28 heavy (non-hydrogen) atoms. The van der Waals surface area contributed by atoms with E-state index in [-0.39, 0.29) is 11.9 Å². The summed E-state index contributed by atoms with van der Waals surface area (Å²) in [6.45, 7) is 2.74. The molecule has 0 amide bonds. The standard InChI is InChI=1S/C22H25N3O3/c1-26-21-14-20-19(15-23-25(20)17-6-3-2-4-7-17)22(28-21)9-11-24(12-10-22)16-18-8-5-13-27-18/h2-8,13,15,21H,9-12,14,16H2,1H3. The first-order chi connectivity index (χ1) is 13.8. The van der Waals surface area contributed by atoms with Crippen LogP contribution >= 0.6 is 0 Å². The topological polar surface area (TPSA) is 52.7 Å². The molecule has 0 saturated carbocycles. The Bertz CT molecular complexity index is 912. The number of ether oxygens (including phenoxy) is 2. The average Bonchev–Trinajstić information content (AvgIpc) is 3.40. The van der Waals surface area contributed by atoms with Crippen molar-refractivity contribution in [3.63, 3.8) is 0 Å². The smallest absolute Gasteiger partial charge is 0.163 e. The summed E-state index contributed by atoms with van der Waals surface area (Å²) in [5, 5.41) is 4.72. The fraction of sp³-hybridized carbons (Fsp3) is 0.409. The number of nitrogens with zero attached hydrogens (tertiary/aromatic N) is 3. The van der Waals surface area contributed by atoms with Crippen LogP contribution in [0.15, 0.2) is 59.3 Å². The molecule has 0 N–H and O–H groups in total. The molecule has 2 aliphatic heterocycles. The van der Waals surface area contributed by atoms with Gasteiger partial charge in [-0.15, -0.1) is 0 Å². The number of likely N-dealkylation sites (tertiary alicyclic amines) is 1. The van der Waals surface area contributed by atoms with E-state index in [4.69, 9.17) is 19.0 Å². The third-order valence-electron chi connectivity index (χ3n) is 5.96. The van der Waals surface area contributed by atoms with Crippen molar-refractivity contribution in [1.82, 2.24) is 14.7 Å². The summed E-state index contributed by atoms with van der Waals surface area (Å²) in [6.07, 6.45) is 6.03. The number of rotatable bonds is 4. The Morgan fingerprint density at radius 1 is 1.14 bits per heavy atom. The summed E-state index contributed by atoms with van der Waals surface area (Å²) < 4.78 is 19.7. The predicted molar refractivity (Wildman–Crippen MR) is 104 cm³/mol. The van der Waals surface area contributed by atoms with Crippen LogP contribution in [0.2, 0.25) is 0 Å². The first kappa shape index (κ1) is 17.7. The molecule has 3 aromatic rings. The molecule has 0 bridgehead atoms. The molecule has 2 aromatic heterocycles. The number of benzene rings is 1. The second-order valence-corrected chi connectivity index (χ2v) is 7.59. The number of methoxy groups -OCH3 is 1. The highest BCUT2D eigenvalue weighted by molar-refractivity contribution is 5.38. The van der Waals surface area contributed by atoms with Gasteiger partial charge < -0.3 is 13.9 Å².